The molecule has 0 aromatic heterocycles. The van der Waals surface area contributed by atoms with E-state index in [-0.39, 0.29) is 18.4 Å². The lowest BCUT2D eigenvalue weighted by Gasteiger charge is -2.23. The first-order chi connectivity index (χ1) is 8.52. The van der Waals surface area contributed by atoms with Gasteiger partial charge in [0.1, 0.15) is 0 Å². The first-order valence-corrected chi connectivity index (χ1v) is 5.94. The standard InChI is InChI=1S/C13H17N3O2/c1-8-5-9(2)13-10(6-8)16(12(18)7-14)4-3-11(17)15-13/h5-6H,3-4,7,14H2,1-2H3,(H,15,17). The van der Waals surface area contributed by atoms with Gasteiger partial charge in [0.2, 0.25) is 11.8 Å². The molecule has 1 aromatic rings. The lowest BCUT2D eigenvalue weighted by molar-refractivity contribution is -0.117. The maximum atomic E-state index is 11.9. The van der Waals surface area contributed by atoms with Crippen LogP contribution in [0.15, 0.2) is 12.1 Å². The van der Waals surface area contributed by atoms with Gasteiger partial charge in [-0.25, -0.2) is 0 Å². The van der Waals surface area contributed by atoms with Gasteiger partial charge in [0.25, 0.3) is 0 Å². The van der Waals surface area contributed by atoms with Crippen molar-refractivity contribution in [1.29, 1.82) is 0 Å². The van der Waals surface area contributed by atoms with Crippen molar-refractivity contribution in [3.8, 4) is 0 Å². The molecule has 0 atom stereocenters. The summed E-state index contributed by atoms with van der Waals surface area (Å²) in [5.74, 6) is -0.242. The molecule has 0 fully saturated rings. The Balaban J connectivity index is 2.56. The molecule has 1 aliphatic heterocycles. The van der Waals surface area contributed by atoms with E-state index in [0.717, 1.165) is 16.8 Å². The van der Waals surface area contributed by atoms with Crippen molar-refractivity contribution >= 4 is 23.2 Å². The van der Waals surface area contributed by atoms with Crippen molar-refractivity contribution < 1.29 is 9.59 Å². The van der Waals surface area contributed by atoms with Gasteiger partial charge < -0.3 is 16.0 Å². The molecule has 0 radical (unpaired) electrons. The highest BCUT2D eigenvalue weighted by atomic mass is 16.2. The number of benzene rings is 1. The van der Waals surface area contributed by atoms with E-state index in [1.807, 2.05) is 26.0 Å². The number of nitrogens with zero attached hydrogens (tertiary/aromatic N) is 1. The molecule has 1 heterocycles. The third-order valence-corrected chi connectivity index (χ3v) is 3.05. The topological polar surface area (TPSA) is 75.4 Å². The second-order valence-corrected chi connectivity index (χ2v) is 4.52. The van der Waals surface area contributed by atoms with Gasteiger partial charge in [-0.2, -0.15) is 0 Å². The van der Waals surface area contributed by atoms with Gasteiger partial charge >= 0.3 is 0 Å². The molecule has 0 unspecified atom stereocenters. The van der Waals surface area contributed by atoms with E-state index in [1.165, 1.54) is 0 Å². The Hall–Kier alpha value is -1.88. The summed E-state index contributed by atoms with van der Waals surface area (Å²) < 4.78 is 0. The minimum Gasteiger partial charge on any atom is -0.324 e. The van der Waals surface area contributed by atoms with E-state index in [9.17, 15) is 9.59 Å². The summed E-state index contributed by atoms with van der Waals surface area (Å²) >= 11 is 0. The third-order valence-electron chi connectivity index (χ3n) is 3.05. The number of anilines is 2. The second-order valence-electron chi connectivity index (χ2n) is 4.52. The predicted molar refractivity (Wildman–Crippen MR) is 70.6 cm³/mol. The van der Waals surface area contributed by atoms with Gasteiger partial charge in [-0.05, 0) is 31.0 Å². The van der Waals surface area contributed by atoms with Crippen LogP contribution in [-0.2, 0) is 9.59 Å². The summed E-state index contributed by atoms with van der Waals surface area (Å²) in [6.07, 6.45) is 0.291. The van der Waals surface area contributed by atoms with Gasteiger partial charge in [0.15, 0.2) is 0 Å². The molecular formula is C13H17N3O2. The van der Waals surface area contributed by atoms with Crippen molar-refractivity contribution in [2.75, 3.05) is 23.3 Å². The van der Waals surface area contributed by atoms with E-state index in [4.69, 9.17) is 5.73 Å². The minimum absolute atomic E-state index is 0.0549. The number of rotatable bonds is 1. The molecule has 1 aromatic carbocycles. The molecule has 96 valence electrons. The van der Waals surface area contributed by atoms with Gasteiger partial charge in [-0.15, -0.1) is 0 Å². The van der Waals surface area contributed by atoms with E-state index in [0.29, 0.717) is 18.7 Å². The lowest BCUT2D eigenvalue weighted by atomic mass is 10.1. The summed E-state index contributed by atoms with van der Waals surface area (Å²) in [5, 5.41) is 2.85. The van der Waals surface area contributed by atoms with Crippen LogP contribution < -0.4 is 16.0 Å². The number of amides is 2. The first kappa shape index (κ1) is 12.6. The number of nitrogens with two attached hydrogens (primary N) is 1. The average Bonchev–Trinajstić information content (AvgIpc) is 2.48. The van der Waals surface area contributed by atoms with Crippen molar-refractivity contribution in [1.82, 2.24) is 0 Å². The summed E-state index contributed by atoms with van der Waals surface area (Å²) in [7, 11) is 0. The van der Waals surface area contributed by atoms with Gasteiger partial charge in [0.05, 0.1) is 17.9 Å². The van der Waals surface area contributed by atoms with Crippen LogP contribution in [0.2, 0.25) is 0 Å². The van der Waals surface area contributed by atoms with Crippen LogP contribution in [0.25, 0.3) is 0 Å². The maximum Gasteiger partial charge on any atom is 0.240 e. The Morgan fingerprint density at radius 1 is 1.44 bits per heavy atom. The Labute approximate surface area is 106 Å². The van der Waals surface area contributed by atoms with Crippen molar-refractivity contribution in [3.63, 3.8) is 0 Å². The number of aryl methyl sites for hydroxylation is 2. The van der Waals surface area contributed by atoms with E-state index in [1.54, 1.807) is 4.90 Å². The molecule has 5 nitrogen and oxygen atoms in total. The highest BCUT2D eigenvalue weighted by Crippen LogP contribution is 2.33. The molecular weight excluding hydrogens is 230 g/mol. The zero-order valence-electron chi connectivity index (χ0n) is 10.6. The molecule has 0 bridgehead atoms. The maximum absolute atomic E-state index is 11.9. The second kappa shape index (κ2) is 4.78. The Morgan fingerprint density at radius 2 is 2.17 bits per heavy atom. The Morgan fingerprint density at radius 3 is 2.83 bits per heavy atom. The Kier molecular flexibility index (Phi) is 3.34. The molecule has 3 N–H and O–H groups in total. The van der Waals surface area contributed by atoms with Crippen molar-refractivity contribution in [2.45, 2.75) is 20.3 Å². The number of hydrogen-bond acceptors (Lipinski definition) is 3. The fraction of sp³-hybridized carbons (Fsp3) is 0.385. The number of fused-ring (bicyclic) bond motifs is 1. The number of nitrogens with one attached hydrogen (secondary N) is 1. The zero-order valence-corrected chi connectivity index (χ0v) is 10.6. The molecule has 0 aliphatic carbocycles. The Bertz CT molecular complexity index is 511. The minimum atomic E-state index is -0.169. The largest absolute Gasteiger partial charge is 0.324 e. The van der Waals surface area contributed by atoms with Crippen LogP contribution >= 0.6 is 0 Å². The monoisotopic (exact) mass is 247 g/mol. The quantitative estimate of drug-likeness (QED) is 0.775. The van der Waals surface area contributed by atoms with E-state index in [2.05, 4.69) is 5.32 Å². The van der Waals surface area contributed by atoms with Crippen LogP contribution in [0.3, 0.4) is 0 Å². The molecule has 5 heteroatoms. The fourth-order valence-electron chi connectivity index (χ4n) is 2.23. The zero-order chi connectivity index (χ0) is 13.3. The summed E-state index contributed by atoms with van der Waals surface area (Å²) in [6.45, 7) is 4.20. The number of carbonyl (C=O) groups excluding carboxylic acids is 2. The number of hydrogen-bond donors (Lipinski definition) is 2. The summed E-state index contributed by atoms with van der Waals surface area (Å²) in [6, 6.07) is 3.89. The third kappa shape index (κ3) is 2.22. The molecule has 0 spiro atoms. The predicted octanol–water partition coefficient (Wildman–Crippen LogP) is 0.937. The number of carbonyl (C=O) groups is 2. The fourth-order valence-corrected chi connectivity index (χ4v) is 2.23. The van der Waals surface area contributed by atoms with Gasteiger partial charge in [0, 0.05) is 13.0 Å². The highest BCUT2D eigenvalue weighted by Gasteiger charge is 2.24. The average molecular weight is 247 g/mol. The smallest absolute Gasteiger partial charge is 0.240 e. The van der Waals surface area contributed by atoms with Crippen molar-refractivity contribution in [2.24, 2.45) is 5.73 Å². The van der Waals surface area contributed by atoms with Crippen LogP contribution in [-0.4, -0.2) is 24.9 Å². The molecule has 2 rings (SSSR count). The normalized spacial score (nSPS) is 14.8. The molecule has 2 amide bonds. The molecule has 18 heavy (non-hydrogen) atoms. The summed E-state index contributed by atoms with van der Waals surface area (Å²) in [4.78, 5) is 25.1. The molecule has 0 saturated heterocycles. The molecule has 0 saturated carbocycles. The van der Waals surface area contributed by atoms with Crippen LogP contribution in [0, 0.1) is 13.8 Å². The first-order valence-electron chi connectivity index (χ1n) is 5.94. The summed E-state index contributed by atoms with van der Waals surface area (Å²) in [5.41, 5.74) is 8.89. The lowest BCUT2D eigenvalue weighted by Crippen LogP contribution is -2.36. The van der Waals surface area contributed by atoms with E-state index < -0.39 is 0 Å². The van der Waals surface area contributed by atoms with Gasteiger partial charge in [-0.1, -0.05) is 6.07 Å². The van der Waals surface area contributed by atoms with Crippen LogP contribution in [0.4, 0.5) is 11.4 Å². The van der Waals surface area contributed by atoms with Gasteiger partial charge in [-0.3, -0.25) is 9.59 Å². The van der Waals surface area contributed by atoms with Crippen LogP contribution in [0.1, 0.15) is 17.5 Å². The SMILES string of the molecule is Cc1cc(C)c2c(c1)N(C(=O)CN)CCC(=O)N2. The van der Waals surface area contributed by atoms with Crippen molar-refractivity contribution in [3.05, 3.63) is 23.3 Å². The highest BCUT2D eigenvalue weighted by molar-refractivity contribution is 6.05. The van der Waals surface area contributed by atoms with E-state index >= 15 is 0 Å². The molecule has 1 aliphatic rings. The van der Waals surface area contributed by atoms with Crippen LogP contribution in [0.5, 0.6) is 0 Å².